The smallest absolute Gasteiger partial charge is 0.252 e. The van der Waals surface area contributed by atoms with Crippen molar-refractivity contribution in [2.75, 3.05) is 0 Å². The summed E-state index contributed by atoms with van der Waals surface area (Å²) < 4.78 is 50.8. The van der Waals surface area contributed by atoms with E-state index in [1.165, 1.54) is 18.2 Å². The lowest BCUT2D eigenvalue weighted by Gasteiger charge is -2.26. The Hall–Kier alpha value is -3.36. The molecule has 1 aromatic heterocycles. The Bertz CT molecular complexity index is 1180. The van der Waals surface area contributed by atoms with Gasteiger partial charge >= 0.3 is 0 Å². The molecule has 0 unspecified atom stereocenters. The molecule has 1 aliphatic heterocycles. The number of aryl methyl sites for hydroxylation is 1. The predicted molar refractivity (Wildman–Crippen MR) is 107 cm³/mol. The molecule has 0 aliphatic carbocycles. The Kier molecular flexibility index (Phi) is 4.99. The summed E-state index contributed by atoms with van der Waals surface area (Å²) in [5.74, 6) is -2.59. The molecule has 1 aliphatic rings. The summed E-state index contributed by atoms with van der Waals surface area (Å²) in [6.07, 6.45) is 0. The van der Waals surface area contributed by atoms with Gasteiger partial charge in [-0.05, 0) is 63.1 Å². The van der Waals surface area contributed by atoms with Crippen molar-refractivity contribution >= 4 is 5.91 Å². The first-order valence-corrected chi connectivity index (χ1v) is 9.81. The van der Waals surface area contributed by atoms with Crippen LogP contribution >= 0.6 is 0 Å². The maximum Gasteiger partial charge on any atom is 0.252 e. The van der Waals surface area contributed by atoms with Crippen molar-refractivity contribution in [3.05, 3.63) is 64.2 Å². The number of ether oxygens (including phenoxy) is 1. The highest BCUT2D eigenvalue weighted by molar-refractivity contribution is 5.98. The van der Waals surface area contributed by atoms with Crippen molar-refractivity contribution < 1.29 is 22.7 Å². The van der Waals surface area contributed by atoms with E-state index in [0.29, 0.717) is 24.2 Å². The molecule has 2 aromatic carbocycles. The highest BCUT2D eigenvalue weighted by atomic mass is 19.1. The van der Waals surface area contributed by atoms with Crippen LogP contribution in [-0.2, 0) is 18.7 Å². The average molecular weight is 430 g/mol. The van der Waals surface area contributed by atoms with E-state index in [9.17, 15) is 18.0 Å². The molecule has 0 fully saturated rings. The summed E-state index contributed by atoms with van der Waals surface area (Å²) in [5.41, 5.74) is 0.285. The fourth-order valence-electron chi connectivity index (χ4n) is 3.75. The molecule has 3 aromatic rings. The minimum Gasteiger partial charge on any atom is -0.474 e. The first kappa shape index (κ1) is 20.9. The molecule has 1 N–H and O–H groups in total. The molecular formula is C22H21F3N4O2. The number of amides is 1. The van der Waals surface area contributed by atoms with Gasteiger partial charge in [-0.2, -0.15) is 0 Å². The number of carbonyl (C=O) groups excluding carboxylic acids is 1. The fraction of sp³-hybridized carbons (Fsp3) is 0.318. The van der Waals surface area contributed by atoms with E-state index in [1.54, 1.807) is 31.4 Å². The Morgan fingerprint density at radius 1 is 1.06 bits per heavy atom. The number of hydrogen-bond acceptors (Lipinski definition) is 4. The number of aromatic nitrogens is 3. The van der Waals surface area contributed by atoms with E-state index in [-0.39, 0.29) is 28.7 Å². The van der Waals surface area contributed by atoms with Gasteiger partial charge in [0.05, 0.1) is 5.56 Å². The van der Waals surface area contributed by atoms with Crippen LogP contribution < -0.4 is 10.1 Å². The van der Waals surface area contributed by atoms with Crippen LogP contribution in [-0.4, -0.2) is 20.7 Å². The third kappa shape index (κ3) is 3.54. The summed E-state index contributed by atoms with van der Waals surface area (Å²) >= 11 is 0. The first-order valence-electron chi connectivity index (χ1n) is 9.81. The molecule has 0 saturated carbocycles. The number of fused-ring (bicyclic) bond motifs is 1. The largest absolute Gasteiger partial charge is 0.474 e. The molecule has 31 heavy (non-hydrogen) atoms. The van der Waals surface area contributed by atoms with Gasteiger partial charge in [-0.1, -0.05) is 0 Å². The predicted octanol–water partition coefficient (Wildman–Crippen LogP) is 4.25. The number of carbonyl (C=O) groups is 1. The average Bonchev–Trinajstić information content (AvgIpc) is 3.28. The van der Waals surface area contributed by atoms with Crippen LogP contribution in [0.25, 0.3) is 11.4 Å². The molecule has 0 bridgehead atoms. The number of halogens is 3. The molecule has 0 saturated heterocycles. The number of rotatable bonds is 5. The SMILES string of the molecule is CCn1c(-c2cc3c(cc2F)C(=O)NC3)nnc1C(C)(C)Oc1c(F)cc(C)cc1F. The van der Waals surface area contributed by atoms with Crippen LogP contribution in [0.1, 0.15) is 48.1 Å². The first-order chi connectivity index (χ1) is 14.6. The van der Waals surface area contributed by atoms with Gasteiger partial charge in [0.15, 0.2) is 34.6 Å². The van der Waals surface area contributed by atoms with Crippen LogP contribution in [0.2, 0.25) is 0 Å². The quantitative estimate of drug-likeness (QED) is 0.657. The Morgan fingerprint density at radius 3 is 2.39 bits per heavy atom. The van der Waals surface area contributed by atoms with E-state index in [2.05, 4.69) is 15.5 Å². The third-order valence-electron chi connectivity index (χ3n) is 5.22. The minimum absolute atomic E-state index is 0.180. The molecule has 0 atom stereocenters. The van der Waals surface area contributed by atoms with Crippen molar-refractivity contribution in [2.24, 2.45) is 0 Å². The fourth-order valence-corrected chi connectivity index (χ4v) is 3.75. The minimum atomic E-state index is -1.27. The van der Waals surface area contributed by atoms with Crippen molar-refractivity contribution in [1.29, 1.82) is 0 Å². The lowest BCUT2D eigenvalue weighted by atomic mass is 10.0. The number of hydrogen-bond donors (Lipinski definition) is 1. The molecule has 6 nitrogen and oxygen atoms in total. The van der Waals surface area contributed by atoms with Crippen LogP contribution in [0, 0.1) is 24.4 Å². The van der Waals surface area contributed by atoms with Gasteiger partial charge in [0, 0.05) is 18.7 Å². The summed E-state index contributed by atoms with van der Waals surface area (Å²) in [5, 5.41) is 10.9. The van der Waals surface area contributed by atoms with E-state index in [0.717, 1.165) is 0 Å². The Morgan fingerprint density at radius 2 is 1.74 bits per heavy atom. The van der Waals surface area contributed by atoms with Crippen molar-refractivity contribution in [3.63, 3.8) is 0 Å². The van der Waals surface area contributed by atoms with Gasteiger partial charge in [0.2, 0.25) is 0 Å². The second-order valence-electron chi connectivity index (χ2n) is 7.93. The molecule has 1 amide bonds. The van der Waals surface area contributed by atoms with Crippen LogP contribution in [0.3, 0.4) is 0 Å². The highest BCUT2D eigenvalue weighted by Crippen LogP contribution is 2.34. The maximum atomic E-state index is 14.8. The zero-order chi connectivity index (χ0) is 22.5. The maximum absolute atomic E-state index is 14.8. The van der Waals surface area contributed by atoms with Gasteiger partial charge < -0.3 is 14.6 Å². The van der Waals surface area contributed by atoms with E-state index >= 15 is 0 Å². The molecule has 9 heteroatoms. The lowest BCUT2D eigenvalue weighted by Crippen LogP contribution is -2.30. The number of benzene rings is 2. The zero-order valence-corrected chi connectivity index (χ0v) is 17.5. The molecule has 162 valence electrons. The molecular weight excluding hydrogens is 409 g/mol. The summed E-state index contributed by atoms with van der Waals surface area (Å²) in [4.78, 5) is 11.8. The molecule has 4 rings (SSSR count). The van der Waals surface area contributed by atoms with E-state index < -0.39 is 28.8 Å². The van der Waals surface area contributed by atoms with Gasteiger partial charge in [-0.25, -0.2) is 13.2 Å². The second-order valence-corrected chi connectivity index (χ2v) is 7.93. The molecule has 0 radical (unpaired) electrons. The van der Waals surface area contributed by atoms with Crippen LogP contribution in [0.5, 0.6) is 5.75 Å². The van der Waals surface area contributed by atoms with Crippen LogP contribution in [0.4, 0.5) is 13.2 Å². The van der Waals surface area contributed by atoms with Crippen molar-refractivity contribution in [1.82, 2.24) is 20.1 Å². The van der Waals surface area contributed by atoms with Crippen molar-refractivity contribution in [3.8, 4) is 17.1 Å². The van der Waals surface area contributed by atoms with E-state index in [1.807, 2.05) is 6.92 Å². The standard InChI is InChI=1S/C22H21F3N4O2/c1-5-29-19(14-8-12-10-26-20(30)13(12)9-15(14)23)27-28-21(29)22(3,4)31-18-16(24)6-11(2)7-17(18)25/h6-9H,5,10H2,1-4H3,(H,26,30). The summed E-state index contributed by atoms with van der Waals surface area (Å²) in [7, 11) is 0. The number of nitrogens with zero attached hydrogens (tertiary/aromatic N) is 3. The summed E-state index contributed by atoms with van der Waals surface area (Å²) in [6, 6.07) is 5.11. The normalized spacial score (nSPS) is 13.3. The van der Waals surface area contributed by atoms with Crippen LogP contribution in [0.15, 0.2) is 24.3 Å². The zero-order valence-electron chi connectivity index (χ0n) is 17.5. The summed E-state index contributed by atoms with van der Waals surface area (Å²) in [6.45, 7) is 7.26. The molecule has 2 heterocycles. The van der Waals surface area contributed by atoms with Gasteiger partial charge in [0.25, 0.3) is 5.91 Å². The monoisotopic (exact) mass is 430 g/mol. The topological polar surface area (TPSA) is 69.0 Å². The third-order valence-corrected chi connectivity index (χ3v) is 5.22. The van der Waals surface area contributed by atoms with Crippen molar-refractivity contribution in [2.45, 2.75) is 46.4 Å². The van der Waals surface area contributed by atoms with Gasteiger partial charge in [-0.3, -0.25) is 4.79 Å². The lowest BCUT2D eigenvalue weighted by molar-refractivity contribution is 0.0827. The van der Waals surface area contributed by atoms with Gasteiger partial charge in [-0.15, -0.1) is 10.2 Å². The van der Waals surface area contributed by atoms with Gasteiger partial charge in [0.1, 0.15) is 5.82 Å². The molecule has 0 spiro atoms. The second kappa shape index (κ2) is 7.40. The Balaban J connectivity index is 1.76. The number of nitrogens with one attached hydrogen (secondary N) is 1. The highest BCUT2D eigenvalue weighted by Gasteiger charge is 2.34. The van der Waals surface area contributed by atoms with E-state index in [4.69, 9.17) is 4.74 Å². The Labute approximate surface area is 177 Å².